The molecule has 0 amide bonds. The molecule has 0 spiro atoms. The number of sulfonamides is 1. The van der Waals surface area contributed by atoms with Crippen LogP contribution >= 0.6 is 11.6 Å². The third kappa shape index (κ3) is 2.45. The van der Waals surface area contributed by atoms with Crippen LogP contribution in [0.3, 0.4) is 0 Å². The van der Waals surface area contributed by atoms with Crippen LogP contribution in [-0.2, 0) is 10.0 Å². The van der Waals surface area contributed by atoms with Gasteiger partial charge in [-0.05, 0) is 12.1 Å². The van der Waals surface area contributed by atoms with Crippen molar-refractivity contribution in [2.45, 2.75) is 4.90 Å². The van der Waals surface area contributed by atoms with E-state index in [4.69, 9.17) is 17.3 Å². The van der Waals surface area contributed by atoms with Crippen molar-refractivity contribution < 1.29 is 8.42 Å². The second-order valence-electron chi connectivity index (χ2n) is 3.93. The molecule has 0 aliphatic carbocycles. The van der Waals surface area contributed by atoms with Gasteiger partial charge in [0.05, 0.1) is 6.33 Å². The molecule has 0 radical (unpaired) electrons. The number of hydrogen-bond donors (Lipinski definition) is 3. The van der Waals surface area contributed by atoms with Crippen molar-refractivity contribution in [3.63, 3.8) is 0 Å². The van der Waals surface area contributed by atoms with Gasteiger partial charge in [0.15, 0.2) is 10.8 Å². The normalized spacial score (nSPS) is 11.7. The van der Waals surface area contributed by atoms with Gasteiger partial charge < -0.3 is 10.7 Å². The maximum Gasteiger partial charge on any atom is 0.267 e. The number of H-pyrrole nitrogens is 1. The van der Waals surface area contributed by atoms with Crippen LogP contribution in [0.15, 0.2) is 29.6 Å². The van der Waals surface area contributed by atoms with Gasteiger partial charge in [-0.2, -0.15) is 9.97 Å². The molecule has 4 N–H and O–H groups in total. The summed E-state index contributed by atoms with van der Waals surface area (Å²) < 4.78 is 26.6. The van der Waals surface area contributed by atoms with E-state index in [0.717, 1.165) is 0 Å². The van der Waals surface area contributed by atoms with Crippen molar-refractivity contribution in [3.8, 4) is 0 Å². The Labute approximate surface area is 123 Å². The summed E-state index contributed by atoms with van der Waals surface area (Å²) in [5, 5.41) is 0.0503. The van der Waals surface area contributed by atoms with Gasteiger partial charge in [-0.25, -0.2) is 23.1 Å². The summed E-state index contributed by atoms with van der Waals surface area (Å²) in [6.45, 7) is 0. The second kappa shape index (κ2) is 4.82. The Morgan fingerprint density at radius 3 is 2.86 bits per heavy atom. The van der Waals surface area contributed by atoms with Gasteiger partial charge in [-0.15, -0.1) is 0 Å². The molecule has 21 heavy (non-hydrogen) atoms. The number of nitrogens with two attached hydrogens (primary N) is 1. The third-order valence-electron chi connectivity index (χ3n) is 2.56. The molecule has 0 aromatic carbocycles. The molecule has 0 atom stereocenters. The van der Waals surface area contributed by atoms with Gasteiger partial charge in [0.2, 0.25) is 5.95 Å². The molecule has 3 aromatic heterocycles. The van der Waals surface area contributed by atoms with Crippen LogP contribution in [-0.4, -0.2) is 33.3 Å². The first kappa shape index (κ1) is 13.5. The maximum atomic E-state index is 12.2. The standard InChI is InChI=1S/C10H8ClN7O2S/c11-7-6-9(15-4-14-6)17-10(16-7)18-21(19,20)5-2-1-3-13-8(5)12/h1-4H,(H2,12,13)(H2,14,15,16,17,18). The highest BCUT2D eigenvalue weighted by atomic mass is 35.5. The number of anilines is 2. The summed E-state index contributed by atoms with van der Waals surface area (Å²) >= 11 is 5.92. The maximum absolute atomic E-state index is 12.2. The van der Waals surface area contributed by atoms with E-state index in [-0.39, 0.29) is 27.5 Å². The third-order valence-corrected chi connectivity index (χ3v) is 4.21. The Hall–Kier alpha value is -2.46. The Morgan fingerprint density at radius 1 is 1.29 bits per heavy atom. The minimum absolute atomic E-state index is 0.0503. The summed E-state index contributed by atoms with van der Waals surface area (Å²) in [7, 11) is -3.97. The van der Waals surface area contributed by atoms with E-state index in [1.165, 1.54) is 24.7 Å². The fraction of sp³-hybridized carbons (Fsp3) is 0. The van der Waals surface area contributed by atoms with Crippen molar-refractivity contribution in [3.05, 3.63) is 29.8 Å². The first-order valence-electron chi connectivity index (χ1n) is 5.57. The molecule has 0 aliphatic heterocycles. The zero-order valence-corrected chi connectivity index (χ0v) is 11.9. The van der Waals surface area contributed by atoms with Gasteiger partial charge in [-0.1, -0.05) is 11.6 Å². The molecule has 0 aliphatic rings. The van der Waals surface area contributed by atoms with E-state index < -0.39 is 10.0 Å². The molecule has 0 saturated carbocycles. The molecule has 0 bridgehead atoms. The Bertz CT molecular complexity index is 924. The van der Waals surface area contributed by atoms with Crippen molar-refractivity contribution >= 4 is 44.6 Å². The van der Waals surface area contributed by atoms with E-state index in [2.05, 4.69) is 29.6 Å². The number of fused-ring (bicyclic) bond motifs is 1. The zero-order valence-electron chi connectivity index (χ0n) is 10.3. The summed E-state index contributed by atoms with van der Waals surface area (Å²) in [6, 6.07) is 2.77. The lowest BCUT2D eigenvalue weighted by molar-refractivity contribution is 0.601. The van der Waals surface area contributed by atoms with Gasteiger partial charge in [0.25, 0.3) is 10.0 Å². The monoisotopic (exact) mass is 325 g/mol. The minimum atomic E-state index is -3.97. The summed E-state index contributed by atoms with van der Waals surface area (Å²) in [5.74, 6) is -0.334. The van der Waals surface area contributed by atoms with Gasteiger partial charge in [0, 0.05) is 6.20 Å². The number of nitrogen functional groups attached to an aromatic ring is 1. The van der Waals surface area contributed by atoms with Crippen LogP contribution in [0, 0.1) is 0 Å². The van der Waals surface area contributed by atoms with E-state index in [9.17, 15) is 8.42 Å². The lowest BCUT2D eigenvalue weighted by Crippen LogP contribution is -2.17. The van der Waals surface area contributed by atoms with Crippen LogP contribution in [0.1, 0.15) is 0 Å². The quantitative estimate of drug-likeness (QED) is 0.604. The van der Waals surface area contributed by atoms with Gasteiger partial charge in [-0.3, -0.25) is 0 Å². The number of nitrogens with zero attached hydrogens (tertiary/aromatic N) is 4. The fourth-order valence-corrected chi connectivity index (χ4v) is 2.90. The Kier molecular flexibility index (Phi) is 3.11. The molecule has 108 valence electrons. The lowest BCUT2D eigenvalue weighted by atomic mass is 10.5. The van der Waals surface area contributed by atoms with Crippen molar-refractivity contribution in [2.75, 3.05) is 10.5 Å². The summed E-state index contributed by atoms with van der Waals surface area (Å²) in [6.07, 6.45) is 2.76. The largest absolute Gasteiger partial charge is 0.383 e. The summed E-state index contributed by atoms with van der Waals surface area (Å²) in [4.78, 5) is 18.0. The molecular formula is C10H8ClN7O2S. The molecule has 0 unspecified atom stereocenters. The second-order valence-corrected chi connectivity index (χ2v) is 5.94. The predicted octanol–water partition coefficient (Wildman–Crippen LogP) is 0.784. The smallest absolute Gasteiger partial charge is 0.267 e. The van der Waals surface area contributed by atoms with Crippen LogP contribution < -0.4 is 10.5 Å². The molecule has 3 rings (SSSR count). The lowest BCUT2D eigenvalue weighted by Gasteiger charge is -2.08. The topological polar surface area (TPSA) is 140 Å². The van der Waals surface area contributed by atoms with E-state index in [1.54, 1.807) is 0 Å². The van der Waals surface area contributed by atoms with Crippen LogP contribution in [0.5, 0.6) is 0 Å². The average Bonchev–Trinajstić information content (AvgIpc) is 2.87. The average molecular weight is 326 g/mol. The number of nitrogens with one attached hydrogen (secondary N) is 2. The first-order chi connectivity index (χ1) is 9.97. The fourth-order valence-electron chi connectivity index (χ4n) is 1.65. The van der Waals surface area contributed by atoms with Gasteiger partial charge >= 0.3 is 0 Å². The minimum Gasteiger partial charge on any atom is -0.383 e. The van der Waals surface area contributed by atoms with Crippen LogP contribution in [0.25, 0.3) is 11.2 Å². The Balaban J connectivity index is 2.03. The molecule has 11 heteroatoms. The SMILES string of the molecule is Nc1ncccc1S(=O)(=O)Nc1nc(Cl)c2[nH]cnc2n1. The van der Waals surface area contributed by atoms with Crippen molar-refractivity contribution in [1.29, 1.82) is 0 Å². The number of halogens is 1. The van der Waals surface area contributed by atoms with Crippen molar-refractivity contribution in [2.24, 2.45) is 0 Å². The molecule has 0 saturated heterocycles. The van der Waals surface area contributed by atoms with Gasteiger partial charge in [0.1, 0.15) is 16.2 Å². The van der Waals surface area contributed by atoms with Crippen LogP contribution in [0.2, 0.25) is 5.15 Å². The summed E-state index contributed by atoms with van der Waals surface area (Å²) in [5.41, 5.74) is 6.21. The number of aromatic amines is 1. The highest BCUT2D eigenvalue weighted by Crippen LogP contribution is 2.21. The molecule has 9 nitrogen and oxygen atoms in total. The van der Waals surface area contributed by atoms with E-state index in [0.29, 0.717) is 5.52 Å². The number of hydrogen-bond acceptors (Lipinski definition) is 7. The first-order valence-corrected chi connectivity index (χ1v) is 7.43. The van der Waals surface area contributed by atoms with E-state index >= 15 is 0 Å². The predicted molar refractivity (Wildman–Crippen MR) is 76.2 cm³/mol. The molecule has 3 heterocycles. The molecule has 3 aromatic rings. The highest BCUT2D eigenvalue weighted by Gasteiger charge is 2.20. The number of rotatable bonds is 3. The van der Waals surface area contributed by atoms with Crippen molar-refractivity contribution in [1.82, 2.24) is 24.9 Å². The number of pyridine rings is 1. The Morgan fingerprint density at radius 2 is 2.10 bits per heavy atom. The number of imidazole rings is 1. The van der Waals surface area contributed by atoms with Crippen LogP contribution in [0.4, 0.5) is 11.8 Å². The molecule has 0 fully saturated rings. The highest BCUT2D eigenvalue weighted by molar-refractivity contribution is 7.92. The molecular weight excluding hydrogens is 318 g/mol. The van der Waals surface area contributed by atoms with E-state index in [1.807, 2.05) is 0 Å². The zero-order chi connectivity index (χ0) is 15.0. The number of aromatic nitrogens is 5.